The van der Waals surface area contributed by atoms with Gasteiger partial charge >= 0.3 is 0 Å². The smallest absolute Gasteiger partial charge is 0.243 e. The molecule has 4 nitrogen and oxygen atoms in total. The zero-order valence-corrected chi connectivity index (χ0v) is 15.8. The van der Waals surface area contributed by atoms with Crippen LogP contribution in [0.3, 0.4) is 0 Å². The number of carbonyl (C=O) groups excluding carboxylic acids is 1. The fourth-order valence-electron chi connectivity index (χ4n) is 4.21. The van der Waals surface area contributed by atoms with Gasteiger partial charge in [0.15, 0.2) is 0 Å². The number of halogens is 1. The number of aromatic nitrogens is 2. The number of aromatic amines is 1. The van der Waals surface area contributed by atoms with Gasteiger partial charge in [-0.25, -0.2) is 4.39 Å². The van der Waals surface area contributed by atoms with Crippen LogP contribution in [0.1, 0.15) is 56.5 Å². The Kier molecular flexibility index (Phi) is 4.77. The number of fused-ring (bicyclic) bond motifs is 3. The molecule has 1 aliphatic carbocycles. The molecule has 0 saturated carbocycles. The lowest BCUT2D eigenvalue weighted by Gasteiger charge is -2.27. The van der Waals surface area contributed by atoms with Crippen LogP contribution in [0.15, 0.2) is 42.7 Å². The zero-order valence-electron chi connectivity index (χ0n) is 15.8. The fourth-order valence-corrected chi connectivity index (χ4v) is 4.21. The fraction of sp³-hybridized carbons (Fsp3) is 0.409. The number of nitrogens with zero attached hydrogens (tertiary/aromatic N) is 1. The van der Waals surface area contributed by atoms with Crippen molar-refractivity contribution in [2.24, 2.45) is 5.92 Å². The summed E-state index contributed by atoms with van der Waals surface area (Å²) in [4.78, 5) is 16.5. The zero-order chi connectivity index (χ0) is 19.0. The van der Waals surface area contributed by atoms with Crippen molar-refractivity contribution in [2.75, 3.05) is 0 Å². The van der Waals surface area contributed by atoms with Crippen molar-refractivity contribution in [3.63, 3.8) is 0 Å². The van der Waals surface area contributed by atoms with Crippen molar-refractivity contribution in [2.45, 2.75) is 51.6 Å². The van der Waals surface area contributed by atoms with Gasteiger partial charge in [-0.3, -0.25) is 4.79 Å². The summed E-state index contributed by atoms with van der Waals surface area (Å²) in [5.41, 5.74) is 3.11. The molecule has 2 heterocycles. The Balaban J connectivity index is 1.61. The van der Waals surface area contributed by atoms with E-state index in [1.54, 1.807) is 12.1 Å². The Morgan fingerprint density at radius 1 is 1.33 bits per heavy atom. The lowest BCUT2D eigenvalue weighted by atomic mass is 9.91. The first-order valence-corrected chi connectivity index (χ1v) is 9.75. The minimum atomic E-state index is -0.222. The van der Waals surface area contributed by atoms with Crippen LogP contribution in [-0.2, 0) is 11.2 Å². The number of hydrogen-bond donors (Lipinski definition) is 2. The number of rotatable bonds is 5. The highest BCUT2D eigenvalue weighted by molar-refractivity contribution is 5.86. The maximum atomic E-state index is 13.7. The van der Waals surface area contributed by atoms with Gasteiger partial charge in [-0.1, -0.05) is 13.8 Å². The second-order valence-electron chi connectivity index (χ2n) is 7.94. The summed E-state index contributed by atoms with van der Waals surface area (Å²) in [7, 11) is 0. The standard InChI is InChI=1S/C22H26FN3O/c1-14(2)12-20(26-10-3-4-11-26)22(27)25-19-7-5-6-16-17-13-15(23)8-9-18(17)24-21(16)19/h3-4,8-11,13-14,19-20,24H,5-7,12H2,1-2H3,(H,25,27)/t19-,20+/m0/s1. The van der Waals surface area contributed by atoms with Crippen LogP contribution in [0.4, 0.5) is 4.39 Å². The van der Waals surface area contributed by atoms with E-state index in [1.807, 2.05) is 29.1 Å². The van der Waals surface area contributed by atoms with Crippen LogP contribution >= 0.6 is 0 Å². The van der Waals surface area contributed by atoms with E-state index in [0.29, 0.717) is 5.92 Å². The van der Waals surface area contributed by atoms with E-state index in [2.05, 4.69) is 24.1 Å². The summed E-state index contributed by atoms with van der Waals surface area (Å²) in [5, 5.41) is 4.20. The summed E-state index contributed by atoms with van der Waals surface area (Å²) in [6.45, 7) is 4.27. The lowest BCUT2D eigenvalue weighted by Crippen LogP contribution is -2.37. The van der Waals surface area contributed by atoms with E-state index in [-0.39, 0.29) is 23.8 Å². The predicted molar refractivity (Wildman–Crippen MR) is 105 cm³/mol. The molecule has 0 radical (unpaired) electrons. The largest absolute Gasteiger partial charge is 0.356 e. The van der Waals surface area contributed by atoms with Crippen molar-refractivity contribution in [3.05, 3.63) is 59.8 Å². The summed E-state index contributed by atoms with van der Waals surface area (Å²) in [6.07, 6.45) is 7.49. The van der Waals surface area contributed by atoms with Gasteiger partial charge in [-0.2, -0.15) is 0 Å². The third-order valence-electron chi connectivity index (χ3n) is 5.47. The molecule has 27 heavy (non-hydrogen) atoms. The highest BCUT2D eigenvalue weighted by Gasteiger charge is 2.29. The van der Waals surface area contributed by atoms with Gasteiger partial charge in [-0.05, 0) is 67.5 Å². The Bertz CT molecular complexity index is 942. The minimum Gasteiger partial charge on any atom is -0.356 e. The molecule has 2 aromatic heterocycles. The van der Waals surface area contributed by atoms with E-state index in [4.69, 9.17) is 0 Å². The number of benzene rings is 1. The Morgan fingerprint density at radius 3 is 2.85 bits per heavy atom. The monoisotopic (exact) mass is 367 g/mol. The molecule has 2 N–H and O–H groups in total. The van der Waals surface area contributed by atoms with E-state index in [1.165, 1.54) is 6.07 Å². The highest BCUT2D eigenvalue weighted by Crippen LogP contribution is 2.35. The first-order valence-electron chi connectivity index (χ1n) is 9.75. The van der Waals surface area contributed by atoms with Crippen LogP contribution < -0.4 is 5.32 Å². The first kappa shape index (κ1) is 17.8. The molecule has 1 amide bonds. The predicted octanol–water partition coefficient (Wildman–Crippen LogP) is 4.89. The molecule has 1 aliphatic rings. The number of nitrogens with one attached hydrogen (secondary N) is 2. The maximum absolute atomic E-state index is 13.7. The number of aryl methyl sites for hydroxylation is 1. The van der Waals surface area contributed by atoms with Gasteiger partial charge in [0.05, 0.1) is 6.04 Å². The Labute approximate surface area is 158 Å². The summed E-state index contributed by atoms with van der Waals surface area (Å²) in [6, 6.07) is 8.48. The molecule has 4 rings (SSSR count). The summed E-state index contributed by atoms with van der Waals surface area (Å²) < 4.78 is 15.7. The SMILES string of the molecule is CC(C)C[C@H](C(=O)N[C@H]1CCCc2c1[nH]c1ccc(F)cc21)n1cccc1. The highest BCUT2D eigenvalue weighted by atomic mass is 19.1. The van der Waals surface area contributed by atoms with Crippen molar-refractivity contribution < 1.29 is 9.18 Å². The minimum absolute atomic E-state index is 0.0441. The molecule has 0 bridgehead atoms. The average Bonchev–Trinajstić information content (AvgIpc) is 3.28. The summed E-state index contributed by atoms with van der Waals surface area (Å²) in [5.74, 6) is 0.240. The second kappa shape index (κ2) is 7.22. The normalized spacial score (nSPS) is 17.9. The van der Waals surface area contributed by atoms with Crippen LogP contribution in [0.2, 0.25) is 0 Å². The molecule has 3 aromatic rings. The molecule has 1 aromatic carbocycles. The molecule has 0 aliphatic heterocycles. The summed E-state index contributed by atoms with van der Waals surface area (Å²) >= 11 is 0. The Hall–Kier alpha value is -2.56. The quantitative estimate of drug-likeness (QED) is 0.663. The van der Waals surface area contributed by atoms with Crippen molar-refractivity contribution in [1.29, 1.82) is 0 Å². The van der Waals surface area contributed by atoms with Gasteiger partial charge in [0.2, 0.25) is 5.91 Å². The molecular formula is C22H26FN3O. The van der Waals surface area contributed by atoms with Crippen LogP contribution in [0, 0.1) is 11.7 Å². The van der Waals surface area contributed by atoms with E-state index in [9.17, 15) is 9.18 Å². The number of carbonyl (C=O) groups is 1. The molecule has 0 fully saturated rings. The van der Waals surface area contributed by atoms with E-state index in [0.717, 1.165) is 47.8 Å². The average molecular weight is 367 g/mol. The van der Waals surface area contributed by atoms with Crippen LogP contribution in [0.25, 0.3) is 10.9 Å². The Morgan fingerprint density at radius 2 is 2.11 bits per heavy atom. The first-order chi connectivity index (χ1) is 13.0. The maximum Gasteiger partial charge on any atom is 0.243 e. The van der Waals surface area contributed by atoms with Crippen LogP contribution in [0.5, 0.6) is 0 Å². The van der Waals surface area contributed by atoms with E-state index < -0.39 is 0 Å². The molecule has 2 atom stereocenters. The molecule has 0 saturated heterocycles. The molecule has 0 spiro atoms. The molecule has 5 heteroatoms. The lowest BCUT2D eigenvalue weighted by molar-refractivity contribution is -0.125. The third-order valence-corrected chi connectivity index (χ3v) is 5.47. The van der Waals surface area contributed by atoms with Crippen molar-refractivity contribution in [1.82, 2.24) is 14.9 Å². The van der Waals surface area contributed by atoms with Gasteiger partial charge in [0.1, 0.15) is 11.9 Å². The van der Waals surface area contributed by atoms with Gasteiger partial charge in [0, 0.05) is 29.0 Å². The van der Waals surface area contributed by atoms with Crippen molar-refractivity contribution >= 4 is 16.8 Å². The van der Waals surface area contributed by atoms with Gasteiger partial charge in [0.25, 0.3) is 0 Å². The van der Waals surface area contributed by atoms with Crippen LogP contribution in [-0.4, -0.2) is 15.5 Å². The molecule has 142 valence electrons. The topological polar surface area (TPSA) is 49.8 Å². The molecular weight excluding hydrogens is 341 g/mol. The van der Waals surface area contributed by atoms with Gasteiger partial charge < -0.3 is 14.9 Å². The number of H-pyrrole nitrogens is 1. The van der Waals surface area contributed by atoms with E-state index >= 15 is 0 Å². The third kappa shape index (κ3) is 3.51. The second-order valence-corrected chi connectivity index (χ2v) is 7.94. The number of amides is 1. The molecule has 0 unspecified atom stereocenters. The van der Waals surface area contributed by atoms with Crippen molar-refractivity contribution in [3.8, 4) is 0 Å². The van der Waals surface area contributed by atoms with Gasteiger partial charge in [-0.15, -0.1) is 0 Å². The number of hydrogen-bond acceptors (Lipinski definition) is 1.